The van der Waals surface area contributed by atoms with Gasteiger partial charge in [-0.1, -0.05) is 24.3 Å². The highest BCUT2D eigenvalue weighted by atomic mass is 19.1. The van der Waals surface area contributed by atoms with Crippen molar-refractivity contribution < 1.29 is 13.9 Å². The molecule has 0 aromatic heterocycles. The second-order valence-electron chi connectivity index (χ2n) is 5.17. The molecule has 1 amide bonds. The van der Waals surface area contributed by atoms with Crippen LogP contribution in [0.3, 0.4) is 0 Å². The van der Waals surface area contributed by atoms with Gasteiger partial charge in [-0.2, -0.15) is 5.26 Å². The van der Waals surface area contributed by atoms with Gasteiger partial charge in [0.15, 0.2) is 6.61 Å². The van der Waals surface area contributed by atoms with E-state index in [0.717, 1.165) is 11.1 Å². The Bertz CT molecular complexity index is 736. The van der Waals surface area contributed by atoms with Gasteiger partial charge in [0.05, 0.1) is 6.07 Å². The number of nitrogens with one attached hydrogen (secondary N) is 1. The van der Waals surface area contributed by atoms with Crippen LogP contribution in [0, 0.1) is 31.0 Å². The van der Waals surface area contributed by atoms with Crippen LogP contribution in [-0.4, -0.2) is 12.5 Å². The van der Waals surface area contributed by atoms with Gasteiger partial charge in [0.1, 0.15) is 17.6 Å². The summed E-state index contributed by atoms with van der Waals surface area (Å²) in [4.78, 5) is 12.0. The van der Waals surface area contributed by atoms with Gasteiger partial charge in [-0.3, -0.25) is 4.79 Å². The number of carbonyl (C=O) groups excluding carboxylic acids is 1. The van der Waals surface area contributed by atoms with Gasteiger partial charge in [-0.15, -0.1) is 0 Å². The normalized spacial score (nSPS) is 11.4. The number of halogens is 1. The Morgan fingerprint density at radius 2 is 1.96 bits per heavy atom. The van der Waals surface area contributed by atoms with Gasteiger partial charge in [-0.25, -0.2) is 4.39 Å². The van der Waals surface area contributed by atoms with E-state index in [2.05, 4.69) is 5.32 Å². The highest BCUT2D eigenvalue weighted by Gasteiger charge is 2.14. The molecule has 1 N–H and O–H groups in total. The predicted octanol–water partition coefficient (Wildman–Crippen LogP) is 3.20. The number of nitrogens with zero attached hydrogens (tertiary/aromatic N) is 1. The summed E-state index contributed by atoms with van der Waals surface area (Å²) in [7, 11) is 0. The number of rotatable bonds is 5. The van der Waals surface area contributed by atoms with Gasteiger partial charge in [0.2, 0.25) is 0 Å². The molecule has 0 aliphatic carbocycles. The summed E-state index contributed by atoms with van der Waals surface area (Å²) < 4.78 is 18.4. The minimum atomic E-state index is -0.842. The van der Waals surface area contributed by atoms with Crippen LogP contribution >= 0.6 is 0 Å². The molecule has 0 aliphatic heterocycles. The zero-order chi connectivity index (χ0) is 16.8. The van der Waals surface area contributed by atoms with E-state index < -0.39 is 17.8 Å². The average Bonchev–Trinajstić information content (AvgIpc) is 2.55. The van der Waals surface area contributed by atoms with Gasteiger partial charge in [0, 0.05) is 0 Å². The Kier molecular flexibility index (Phi) is 5.32. The lowest BCUT2D eigenvalue weighted by molar-refractivity contribution is -0.123. The number of aryl methyl sites for hydroxylation is 1. The Morgan fingerprint density at radius 3 is 2.61 bits per heavy atom. The molecule has 2 aromatic carbocycles. The van der Waals surface area contributed by atoms with Crippen LogP contribution in [0.15, 0.2) is 42.5 Å². The fraction of sp³-hybridized carbons (Fsp3) is 0.222. The SMILES string of the molecule is Cc1cccc(OCC(=O)N[C@@H](C#N)c2ccc(F)cc2)c1C. The zero-order valence-electron chi connectivity index (χ0n) is 13.0. The number of hydrogen-bond donors (Lipinski definition) is 1. The second-order valence-corrected chi connectivity index (χ2v) is 5.17. The van der Waals surface area contributed by atoms with Gasteiger partial charge < -0.3 is 10.1 Å². The molecule has 0 aliphatic rings. The van der Waals surface area contributed by atoms with E-state index in [1.54, 1.807) is 6.07 Å². The molecule has 0 bridgehead atoms. The number of ether oxygens (including phenoxy) is 1. The van der Waals surface area contributed by atoms with Crippen molar-refractivity contribution in [3.05, 3.63) is 65.0 Å². The van der Waals surface area contributed by atoms with E-state index in [1.165, 1.54) is 24.3 Å². The van der Waals surface area contributed by atoms with Crippen LogP contribution < -0.4 is 10.1 Å². The molecule has 0 saturated heterocycles. The summed E-state index contributed by atoms with van der Waals surface area (Å²) in [6.45, 7) is 3.69. The standard InChI is InChI=1S/C18H17FN2O2/c1-12-4-3-5-17(13(12)2)23-11-18(22)21-16(10-20)14-6-8-15(19)9-7-14/h3-9,16H,11H2,1-2H3,(H,21,22)/t16-/m0/s1. The van der Waals surface area contributed by atoms with Crippen LogP contribution in [0.1, 0.15) is 22.7 Å². The smallest absolute Gasteiger partial charge is 0.259 e. The fourth-order valence-corrected chi connectivity index (χ4v) is 2.07. The Morgan fingerprint density at radius 1 is 1.26 bits per heavy atom. The van der Waals surface area contributed by atoms with Crippen LogP contribution in [0.2, 0.25) is 0 Å². The summed E-state index contributed by atoms with van der Waals surface area (Å²) in [6.07, 6.45) is 0. The molecular formula is C18H17FN2O2. The van der Waals surface area contributed by atoms with Crippen molar-refractivity contribution in [3.8, 4) is 11.8 Å². The molecule has 0 radical (unpaired) electrons. The molecule has 2 rings (SSSR count). The lowest BCUT2D eigenvalue weighted by Crippen LogP contribution is -2.32. The van der Waals surface area contributed by atoms with Crippen molar-refractivity contribution in [1.82, 2.24) is 5.32 Å². The van der Waals surface area contributed by atoms with Gasteiger partial charge in [0.25, 0.3) is 5.91 Å². The van der Waals surface area contributed by atoms with Crippen molar-refractivity contribution in [2.75, 3.05) is 6.61 Å². The Balaban J connectivity index is 1.97. The largest absolute Gasteiger partial charge is 0.483 e. The first kappa shape index (κ1) is 16.5. The van der Waals surface area contributed by atoms with E-state index in [0.29, 0.717) is 11.3 Å². The van der Waals surface area contributed by atoms with Crippen LogP contribution in [0.5, 0.6) is 5.75 Å². The fourth-order valence-electron chi connectivity index (χ4n) is 2.07. The molecule has 0 unspecified atom stereocenters. The third kappa shape index (κ3) is 4.30. The molecule has 0 spiro atoms. The lowest BCUT2D eigenvalue weighted by Gasteiger charge is -2.14. The number of hydrogen-bond acceptors (Lipinski definition) is 3. The number of carbonyl (C=O) groups is 1. The lowest BCUT2D eigenvalue weighted by atomic mass is 10.1. The Labute approximate surface area is 134 Å². The number of nitriles is 1. The zero-order valence-corrected chi connectivity index (χ0v) is 13.0. The van der Waals surface area contributed by atoms with Gasteiger partial charge >= 0.3 is 0 Å². The molecule has 4 nitrogen and oxygen atoms in total. The Hall–Kier alpha value is -2.87. The van der Waals surface area contributed by atoms with E-state index in [9.17, 15) is 9.18 Å². The molecule has 1 atom stereocenters. The molecule has 0 saturated carbocycles. The summed E-state index contributed by atoms with van der Waals surface area (Å²) in [5, 5.41) is 11.7. The first-order valence-electron chi connectivity index (χ1n) is 7.14. The molecule has 0 heterocycles. The van der Waals surface area contributed by atoms with Crippen LogP contribution in [0.25, 0.3) is 0 Å². The highest BCUT2D eigenvalue weighted by molar-refractivity contribution is 5.78. The summed E-state index contributed by atoms with van der Waals surface area (Å²) in [5.41, 5.74) is 2.56. The van der Waals surface area contributed by atoms with Crippen molar-refractivity contribution >= 4 is 5.91 Å². The van der Waals surface area contributed by atoms with Crippen LogP contribution in [-0.2, 0) is 4.79 Å². The predicted molar refractivity (Wildman–Crippen MR) is 84.3 cm³/mol. The topological polar surface area (TPSA) is 62.1 Å². The van der Waals surface area contributed by atoms with E-state index >= 15 is 0 Å². The van der Waals surface area contributed by atoms with E-state index in [1.807, 2.05) is 32.0 Å². The van der Waals surface area contributed by atoms with Crippen molar-refractivity contribution in [2.45, 2.75) is 19.9 Å². The molecule has 118 valence electrons. The average molecular weight is 312 g/mol. The number of amides is 1. The minimum absolute atomic E-state index is 0.191. The third-order valence-corrected chi connectivity index (χ3v) is 3.55. The van der Waals surface area contributed by atoms with Crippen molar-refractivity contribution in [1.29, 1.82) is 5.26 Å². The summed E-state index contributed by atoms with van der Waals surface area (Å²) >= 11 is 0. The quantitative estimate of drug-likeness (QED) is 0.922. The third-order valence-electron chi connectivity index (χ3n) is 3.55. The maximum Gasteiger partial charge on any atom is 0.259 e. The second kappa shape index (κ2) is 7.41. The first-order valence-corrected chi connectivity index (χ1v) is 7.14. The minimum Gasteiger partial charge on any atom is -0.483 e. The monoisotopic (exact) mass is 312 g/mol. The molecule has 0 fully saturated rings. The maximum absolute atomic E-state index is 12.9. The molecular weight excluding hydrogens is 295 g/mol. The highest BCUT2D eigenvalue weighted by Crippen LogP contribution is 2.20. The van der Waals surface area contributed by atoms with Crippen molar-refractivity contribution in [3.63, 3.8) is 0 Å². The van der Waals surface area contributed by atoms with E-state index in [-0.39, 0.29) is 6.61 Å². The van der Waals surface area contributed by atoms with Gasteiger partial charge in [-0.05, 0) is 48.7 Å². The molecule has 2 aromatic rings. The van der Waals surface area contributed by atoms with E-state index in [4.69, 9.17) is 10.00 Å². The maximum atomic E-state index is 12.9. The molecule has 5 heteroatoms. The summed E-state index contributed by atoms with van der Waals surface area (Å²) in [6, 6.07) is 12.2. The first-order chi connectivity index (χ1) is 11.0. The summed E-state index contributed by atoms with van der Waals surface area (Å²) in [5.74, 6) is -0.174. The number of benzene rings is 2. The van der Waals surface area contributed by atoms with Crippen molar-refractivity contribution in [2.24, 2.45) is 0 Å². The molecule has 23 heavy (non-hydrogen) atoms. The van der Waals surface area contributed by atoms with Crippen LogP contribution in [0.4, 0.5) is 4.39 Å².